The summed E-state index contributed by atoms with van der Waals surface area (Å²) in [7, 11) is 0. The minimum absolute atomic E-state index is 0.219. The summed E-state index contributed by atoms with van der Waals surface area (Å²) in [6, 6.07) is 10.5. The Hall–Kier alpha value is -3.09. The van der Waals surface area contributed by atoms with E-state index in [1.165, 1.54) is 32.1 Å². The first-order valence-electron chi connectivity index (χ1n) is 10.7. The maximum atomic E-state index is 12.7. The fraction of sp³-hybridized carbons (Fsp3) is 0.435. The number of pyridine rings is 1. The van der Waals surface area contributed by atoms with E-state index in [-0.39, 0.29) is 11.9 Å². The maximum Gasteiger partial charge on any atom is 0.319 e. The van der Waals surface area contributed by atoms with Crippen molar-refractivity contribution >= 4 is 23.4 Å². The van der Waals surface area contributed by atoms with E-state index in [0.717, 1.165) is 12.8 Å². The molecule has 7 nitrogen and oxygen atoms in total. The number of carbonyl (C=O) groups excluding carboxylic acids is 2. The first-order chi connectivity index (χ1) is 14.7. The number of aromatic nitrogens is 1. The van der Waals surface area contributed by atoms with Gasteiger partial charge in [0.05, 0.1) is 6.61 Å². The minimum Gasteiger partial charge on any atom is -0.489 e. The number of hydrogen-bond donors (Lipinski definition) is 3. The van der Waals surface area contributed by atoms with Gasteiger partial charge >= 0.3 is 6.03 Å². The monoisotopic (exact) mass is 408 g/mol. The molecule has 7 heteroatoms. The first kappa shape index (κ1) is 20.2. The van der Waals surface area contributed by atoms with Crippen LogP contribution in [0.25, 0.3) is 0 Å². The molecule has 0 unspecified atom stereocenters. The predicted molar refractivity (Wildman–Crippen MR) is 116 cm³/mol. The number of nitrogens with zero attached hydrogens (tertiary/aromatic N) is 1. The first-order valence-corrected chi connectivity index (χ1v) is 10.7. The molecule has 1 heterocycles. The van der Waals surface area contributed by atoms with Gasteiger partial charge in [-0.05, 0) is 68.0 Å². The molecule has 3 amide bonds. The number of amides is 3. The number of rotatable bonds is 7. The maximum absolute atomic E-state index is 12.7. The van der Waals surface area contributed by atoms with Crippen molar-refractivity contribution in [3.8, 4) is 5.75 Å². The fourth-order valence-electron chi connectivity index (χ4n) is 3.63. The summed E-state index contributed by atoms with van der Waals surface area (Å²) in [6.07, 6.45) is 9.93. The van der Waals surface area contributed by atoms with Crippen LogP contribution in [0.1, 0.15) is 55.3 Å². The number of anilines is 2. The highest BCUT2D eigenvalue weighted by Gasteiger charge is 2.23. The zero-order valence-electron chi connectivity index (χ0n) is 17.0. The Morgan fingerprint density at radius 3 is 2.47 bits per heavy atom. The summed E-state index contributed by atoms with van der Waals surface area (Å²) in [6.45, 7) is 0.651. The van der Waals surface area contributed by atoms with Crippen molar-refractivity contribution in [1.29, 1.82) is 0 Å². The van der Waals surface area contributed by atoms with Crippen LogP contribution >= 0.6 is 0 Å². The summed E-state index contributed by atoms with van der Waals surface area (Å²) < 4.78 is 5.98. The molecular weight excluding hydrogens is 380 g/mol. The number of nitrogens with one attached hydrogen (secondary N) is 3. The molecule has 3 N–H and O–H groups in total. The van der Waals surface area contributed by atoms with Crippen LogP contribution in [0.3, 0.4) is 0 Å². The van der Waals surface area contributed by atoms with Crippen molar-refractivity contribution in [2.75, 3.05) is 17.2 Å². The topological polar surface area (TPSA) is 92.4 Å². The van der Waals surface area contributed by atoms with Gasteiger partial charge in [-0.1, -0.05) is 19.3 Å². The van der Waals surface area contributed by atoms with Crippen LogP contribution in [0.15, 0.2) is 42.6 Å². The molecule has 0 bridgehead atoms. The number of ether oxygens (including phenoxy) is 1. The molecule has 2 aliphatic carbocycles. The molecule has 2 fully saturated rings. The van der Waals surface area contributed by atoms with E-state index in [0.29, 0.717) is 41.4 Å². The largest absolute Gasteiger partial charge is 0.489 e. The number of hydrogen-bond acceptors (Lipinski definition) is 4. The standard InChI is InChI=1S/C23H28N4O3/c28-22(17-8-10-18(11-9-17)25-23(29)26-19-12-13-19)27-21-20(7-4-14-24-21)30-15-16-5-2-1-3-6-16/h4,7-11,14,16,19H,1-3,5-6,12-13,15H2,(H,24,27,28)(H2,25,26,29). The molecule has 0 saturated heterocycles. The zero-order chi connectivity index (χ0) is 20.8. The predicted octanol–water partition coefficient (Wildman–Crippen LogP) is 4.58. The van der Waals surface area contributed by atoms with Gasteiger partial charge < -0.3 is 20.7 Å². The lowest BCUT2D eigenvalue weighted by atomic mass is 9.90. The van der Waals surface area contributed by atoms with Gasteiger partial charge in [0.1, 0.15) is 0 Å². The van der Waals surface area contributed by atoms with Gasteiger partial charge in [-0.25, -0.2) is 9.78 Å². The van der Waals surface area contributed by atoms with E-state index in [1.807, 2.05) is 6.07 Å². The van der Waals surface area contributed by atoms with Crippen LogP contribution in [-0.2, 0) is 0 Å². The summed E-state index contributed by atoms with van der Waals surface area (Å²) in [5.74, 6) is 1.31. The molecule has 0 aliphatic heterocycles. The van der Waals surface area contributed by atoms with Crippen molar-refractivity contribution in [2.45, 2.75) is 51.0 Å². The van der Waals surface area contributed by atoms with Crippen molar-refractivity contribution in [2.24, 2.45) is 5.92 Å². The lowest BCUT2D eigenvalue weighted by Gasteiger charge is -2.22. The van der Waals surface area contributed by atoms with E-state index < -0.39 is 0 Å². The normalized spacial score (nSPS) is 16.5. The Kier molecular flexibility index (Phi) is 6.47. The van der Waals surface area contributed by atoms with E-state index in [9.17, 15) is 9.59 Å². The van der Waals surface area contributed by atoms with Gasteiger partial charge in [0.15, 0.2) is 11.6 Å². The SMILES string of the molecule is O=C(Nc1ccc(C(=O)Nc2ncccc2OCC2CCCCC2)cc1)NC1CC1. The van der Waals surface area contributed by atoms with Crippen LogP contribution in [0.2, 0.25) is 0 Å². The van der Waals surface area contributed by atoms with Gasteiger partial charge in [0.2, 0.25) is 0 Å². The molecule has 0 spiro atoms. The second kappa shape index (κ2) is 9.61. The van der Waals surface area contributed by atoms with Crippen molar-refractivity contribution in [3.63, 3.8) is 0 Å². The zero-order valence-corrected chi connectivity index (χ0v) is 17.0. The van der Waals surface area contributed by atoms with E-state index in [2.05, 4.69) is 20.9 Å². The van der Waals surface area contributed by atoms with Crippen LogP contribution in [0, 0.1) is 5.92 Å². The highest BCUT2D eigenvalue weighted by Crippen LogP contribution is 2.27. The third kappa shape index (κ3) is 5.72. The van der Waals surface area contributed by atoms with Crippen LogP contribution in [0.4, 0.5) is 16.3 Å². The second-order valence-corrected chi connectivity index (χ2v) is 8.07. The molecule has 30 heavy (non-hydrogen) atoms. The molecule has 1 aromatic carbocycles. The van der Waals surface area contributed by atoms with Crippen LogP contribution < -0.4 is 20.7 Å². The van der Waals surface area contributed by atoms with Crippen LogP contribution in [0.5, 0.6) is 5.75 Å². The molecule has 0 atom stereocenters. The summed E-state index contributed by atoms with van der Waals surface area (Å²) in [4.78, 5) is 28.7. The van der Waals surface area contributed by atoms with Crippen LogP contribution in [-0.4, -0.2) is 29.6 Å². The number of carbonyl (C=O) groups is 2. The average Bonchev–Trinajstić information content (AvgIpc) is 3.58. The van der Waals surface area contributed by atoms with Crippen molar-refractivity contribution in [3.05, 3.63) is 48.2 Å². The Balaban J connectivity index is 1.33. The third-order valence-electron chi connectivity index (χ3n) is 5.52. The molecular formula is C23H28N4O3. The summed E-state index contributed by atoms with van der Waals surface area (Å²) in [5, 5.41) is 8.47. The van der Waals surface area contributed by atoms with Crippen molar-refractivity contribution in [1.82, 2.24) is 10.3 Å². The lowest BCUT2D eigenvalue weighted by Crippen LogP contribution is -2.30. The van der Waals surface area contributed by atoms with E-state index in [1.54, 1.807) is 36.5 Å². The Labute approximate surface area is 176 Å². The van der Waals surface area contributed by atoms with E-state index in [4.69, 9.17) is 4.74 Å². The fourth-order valence-corrected chi connectivity index (χ4v) is 3.63. The van der Waals surface area contributed by atoms with Crippen molar-refractivity contribution < 1.29 is 14.3 Å². The second-order valence-electron chi connectivity index (χ2n) is 8.07. The quantitative estimate of drug-likeness (QED) is 0.625. The van der Waals surface area contributed by atoms with Gasteiger partial charge in [0.25, 0.3) is 5.91 Å². The minimum atomic E-state index is -0.273. The van der Waals surface area contributed by atoms with Gasteiger partial charge in [0, 0.05) is 23.5 Å². The Bertz CT molecular complexity index is 874. The molecule has 2 aromatic rings. The van der Waals surface area contributed by atoms with Gasteiger partial charge in [-0.3, -0.25) is 4.79 Å². The Morgan fingerprint density at radius 2 is 1.73 bits per heavy atom. The smallest absolute Gasteiger partial charge is 0.319 e. The highest BCUT2D eigenvalue weighted by molar-refractivity contribution is 6.04. The molecule has 1 aromatic heterocycles. The molecule has 158 valence electrons. The molecule has 0 radical (unpaired) electrons. The molecule has 4 rings (SSSR count). The summed E-state index contributed by atoms with van der Waals surface area (Å²) >= 11 is 0. The summed E-state index contributed by atoms with van der Waals surface area (Å²) in [5.41, 5.74) is 1.12. The molecule has 2 saturated carbocycles. The average molecular weight is 409 g/mol. The lowest BCUT2D eigenvalue weighted by molar-refractivity contribution is 0.102. The number of benzene rings is 1. The van der Waals surface area contributed by atoms with Gasteiger partial charge in [-0.15, -0.1) is 0 Å². The Morgan fingerprint density at radius 1 is 0.967 bits per heavy atom. The van der Waals surface area contributed by atoms with Gasteiger partial charge in [-0.2, -0.15) is 0 Å². The molecule has 2 aliphatic rings. The third-order valence-corrected chi connectivity index (χ3v) is 5.52. The highest BCUT2D eigenvalue weighted by atomic mass is 16.5. The number of urea groups is 1. The van der Waals surface area contributed by atoms with E-state index >= 15 is 0 Å².